The Labute approximate surface area is 209 Å². The normalized spacial score (nSPS) is 20.6. The molecule has 8 nitrogen and oxygen atoms in total. The van der Waals surface area contributed by atoms with Crippen molar-refractivity contribution >= 4 is 34.5 Å². The third-order valence-electron chi connectivity index (χ3n) is 6.01. The third kappa shape index (κ3) is 5.10. The summed E-state index contributed by atoms with van der Waals surface area (Å²) in [5.41, 5.74) is 2.56. The largest absolute Gasteiger partial charge is 0.457 e. The van der Waals surface area contributed by atoms with Crippen LogP contribution in [0.25, 0.3) is 17.0 Å². The number of aromatic amines is 2. The molecule has 3 heterocycles. The number of aliphatic imine (C=N–C) groups is 1. The molecule has 2 aromatic heterocycles. The Hall–Kier alpha value is -4.14. The molecule has 3 aromatic rings. The van der Waals surface area contributed by atoms with Gasteiger partial charge in [0.05, 0.1) is 5.69 Å². The van der Waals surface area contributed by atoms with Crippen LogP contribution in [0.3, 0.4) is 0 Å². The molecule has 188 valence electrons. The molecule has 0 aliphatic carbocycles. The molecule has 0 fully saturated rings. The van der Waals surface area contributed by atoms with Crippen molar-refractivity contribution in [2.75, 3.05) is 18.9 Å². The van der Waals surface area contributed by atoms with Crippen LogP contribution in [-0.2, 0) is 4.79 Å². The molecule has 0 radical (unpaired) electrons. The smallest absolute Gasteiger partial charge is 0.260 e. The van der Waals surface area contributed by atoms with Crippen LogP contribution in [0.5, 0.6) is 5.75 Å². The number of aromatic nitrogens is 3. The van der Waals surface area contributed by atoms with Crippen LogP contribution in [0.15, 0.2) is 58.9 Å². The highest BCUT2D eigenvalue weighted by Crippen LogP contribution is 2.32. The minimum absolute atomic E-state index is 0.0480. The molecule has 0 saturated heterocycles. The van der Waals surface area contributed by atoms with Gasteiger partial charge in [0.15, 0.2) is 17.4 Å². The molecule has 9 heteroatoms. The fourth-order valence-electron chi connectivity index (χ4n) is 3.99. The van der Waals surface area contributed by atoms with Crippen molar-refractivity contribution in [3.63, 3.8) is 0 Å². The fourth-order valence-corrected chi connectivity index (χ4v) is 3.99. The van der Waals surface area contributed by atoms with E-state index in [0.29, 0.717) is 35.4 Å². The van der Waals surface area contributed by atoms with Crippen molar-refractivity contribution in [1.29, 1.82) is 0 Å². The van der Waals surface area contributed by atoms with Gasteiger partial charge < -0.3 is 19.9 Å². The average Bonchev–Trinajstić information content (AvgIpc) is 3.46. The van der Waals surface area contributed by atoms with E-state index in [1.807, 2.05) is 52.0 Å². The fraction of sp³-hybridized carbons (Fsp3) is 0.296. The molecule has 0 spiro atoms. The number of hydrogen-bond acceptors (Lipinski definition) is 5. The summed E-state index contributed by atoms with van der Waals surface area (Å²) in [6.45, 7) is 8.08. The number of nitrogens with one attached hydrogen (secondary N) is 3. The molecule has 36 heavy (non-hydrogen) atoms. The van der Waals surface area contributed by atoms with Crippen LogP contribution in [0.2, 0.25) is 0 Å². The van der Waals surface area contributed by atoms with Crippen LogP contribution in [0.1, 0.15) is 38.6 Å². The lowest BCUT2D eigenvalue weighted by Crippen LogP contribution is -2.36. The van der Waals surface area contributed by atoms with Gasteiger partial charge in [0.25, 0.3) is 5.91 Å². The number of amidine groups is 1. The maximum absolute atomic E-state index is 15.5. The minimum Gasteiger partial charge on any atom is -0.457 e. The molecular formula is C27H31FN6O2. The zero-order chi connectivity index (χ0) is 25.8. The lowest BCUT2D eigenvalue weighted by Gasteiger charge is -2.25. The van der Waals surface area contributed by atoms with Gasteiger partial charge in [-0.3, -0.25) is 9.89 Å². The number of nitrogens with zero attached hydrogens (tertiary/aromatic N) is 3. The Bertz CT molecular complexity index is 1390. The van der Waals surface area contributed by atoms with Crippen molar-refractivity contribution in [1.82, 2.24) is 20.1 Å². The molecule has 4 rings (SSSR count). The molecule has 0 bridgehead atoms. The van der Waals surface area contributed by atoms with Crippen molar-refractivity contribution in [2.45, 2.75) is 34.1 Å². The number of ether oxygens (including phenoxy) is 1. The standard InChI is InChI=1S/C27H31FN6O2/c1-6-9-18-15-22(33-32-18)31-26-23(27(35)34(5)7-2)25(16(3)10-8-13-29-26)36-21-12-11-20-19(24(21)28)14-17(4)30-20/h6,8-9,11-16,30H,7,10H2,1-5H3,(H2,29,31,32,33)/b9-6+,13-8+,25-23-. The van der Waals surface area contributed by atoms with E-state index >= 15 is 4.39 Å². The Morgan fingerprint density at radius 1 is 1.36 bits per heavy atom. The van der Waals surface area contributed by atoms with E-state index in [0.717, 1.165) is 11.4 Å². The summed E-state index contributed by atoms with van der Waals surface area (Å²) in [6.07, 6.45) is 7.89. The van der Waals surface area contributed by atoms with Gasteiger partial charge in [-0.05, 0) is 51.5 Å². The van der Waals surface area contributed by atoms with Gasteiger partial charge in [0, 0.05) is 48.4 Å². The number of allylic oxidation sites excluding steroid dienone is 3. The second-order valence-electron chi connectivity index (χ2n) is 8.78. The van der Waals surface area contributed by atoms with Gasteiger partial charge in [-0.25, -0.2) is 9.38 Å². The van der Waals surface area contributed by atoms with Gasteiger partial charge in [0.1, 0.15) is 17.2 Å². The maximum atomic E-state index is 15.5. The summed E-state index contributed by atoms with van der Waals surface area (Å²) in [5.74, 6) is 0.151. The lowest BCUT2D eigenvalue weighted by atomic mass is 9.98. The first-order valence-corrected chi connectivity index (χ1v) is 12.0. The van der Waals surface area contributed by atoms with E-state index in [4.69, 9.17) is 4.74 Å². The van der Waals surface area contributed by atoms with Crippen molar-refractivity contribution in [3.8, 4) is 5.75 Å². The van der Waals surface area contributed by atoms with Crippen LogP contribution in [0.4, 0.5) is 10.2 Å². The van der Waals surface area contributed by atoms with Crippen molar-refractivity contribution < 1.29 is 13.9 Å². The number of halogens is 1. The van der Waals surface area contributed by atoms with Gasteiger partial charge >= 0.3 is 0 Å². The predicted octanol–water partition coefficient (Wildman–Crippen LogP) is 5.55. The Kier molecular flexibility index (Phi) is 7.38. The number of likely N-dealkylation sites (N-methyl/N-ethyl adjacent to an activating group) is 1. The highest BCUT2D eigenvalue weighted by atomic mass is 19.1. The molecule has 1 aliphatic heterocycles. The first kappa shape index (κ1) is 25.0. The average molecular weight is 491 g/mol. The monoisotopic (exact) mass is 490 g/mol. The number of benzene rings is 1. The number of carbonyl (C=O) groups excluding carboxylic acids is 1. The highest BCUT2D eigenvalue weighted by Gasteiger charge is 2.30. The second-order valence-corrected chi connectivity index (χ2v) is 8.78. The summed E-state index contributed by atoms with van der Waals surface area (Å²) in [4.78, 5) is 22.9. The molecule has 0 saturated carbocycles. The van der Waals surface area contributed by atoms with E-state index in [1.165, 1.54) is 0 Å². The number of fused-ring (bicyclic) bond motifs is 1. The van der Waals surface area contributed by atoms with E-state index in [1.54, 1.807) is 36.3 Å². The minimum atomic E-state index is -0.487. The summed E-state index contributed by atoms with van der Waals surface area (Å²) < 4.78 is 21.7. The first-order valence-electron chi connectivity index (χ1n) is 12.0. The molecule has 1 unspecified atom stereocenters. The van der Waals surface area contributed by atoms with E-state index < -0.39 is 5.82 Å². The third-order valence-corrected chi connectivity index (χ3v) is 6.01. The number of hydrogen-bond donors (Lipinski definition) is 3. The number of rotatable bonds is 6. The number of H-pyrrole nitrogens is 2. The Morgan fingerprint density at radius 2 is 2.17 bits per heavy atom. The van der Waals surface area contributed by atoms with E-state index in [2.05, 4.69) is 25.5 Å². The van der Waals surface area contributed by atoms with Crippen molar-refractivity contribution in [2.24, 2.45) is 10.9 Å². The number of carbonyl (C=O) groups is 1. The topological polar surface area (TPSA) is 98.4 Å². The van der Waals surface area contributed by atoms with E-state index in [9.17, 15) is 4.79 Å². The van der Waals surface area contributed by atoms with E-state index in [-0.39, 0.29) is 29.0 Å². The van der Waals surface area contributed by atoms with Crippen LogP contribution < -0.4 is 10.1 Å². The van der Waals surface area contributed by atoms with Crippen LogP contribution >= 0.6 is 0 Å². The molecular weight excluding hydrogens is 459 g/mol. The highest BCUT2D eigenvalue weighted by molar-refractivity contribution is 6.25. The summed E-state index contributed by atoms with van der Waals surface area (Å²) >= 11 is 0. The molecule has 1 aliphatic rings. The summed E-state index contributed by atoms with van der Waals surface area (Å²) in [7, 11) is 1.71. The van der Waals surface area contributed by atoms with Crippen LogP contribution in [-0.4, -0.2) is 45.4 Å². The second kappa shape index (κ2) is 10.6. The zero-order valence-electron chi connectivity index (χ0n) is 21.1. The lowest BCUT2D eigenvalue weighted by molar-refractivity contribution is -0.125. The maximum Gasteiger partial charge on any atom is 0.260 e. The first-order chi connectivity index (χ1) is 17.3. The van der Waals surface area contributed by atoms with Crippen LogP contribution in [0, 0.1) is 18.7 Å². The molecule has 3 N–H and O–H groups in total. The summed E-state index contributed by atoms with van der Waals surface area (Å²) in [5, 5.41) is 10.8. The molecule has 1 amide bonds. The van der Waals surface area contributed by atoms with Gasteiger partial charge in [-0.1, -0.05) is 19.1 Å². The zero-order valence-corrected chi connectivity index (χ0v) is 21.1. The quantitative estimate of drug-likeness (QED) is 0.422. The van der Waals surface area contributed by atoms with Gasteiger partial charge in [-0.2, -0.15) is 5.10 Å². The number of amides is 1. The Morgan fingerprint density at radius 3 is 2.92 bits per heavy atom. The number of aryl methyl sites for hydroxylation is 1. The van der Waals surface area contributed by atoms with Crippen molar-refractivity contribution in [3.05, 3.63) is 71.2 Å². The van der Waals surface area contributed by atoms with Gasteiger partial charge in [-0.15, -0.1) is 0 Å². The van der Waals surface area contributed by atoms with Gasteiger partial charge in [0.2, 0.25) is 0 Å². The Balaban J connectivity index is 1.84. The molecule has 1 atom stereocenters. The SMILES string of the molecule is C/C=C/c1cc(NC2=N/C=C/CC(C)/C(Oc3ccc4[nH]c(C)cc4c3F)=C\2C(=O)N(C)CC)n[nH]1. The molecule has 1 aromatic carbocycles. The summed E-state index contributed by atoms with van der Waals surface area (Å²) in [6, 6.07) is 6.90. The predicted molar refractivity (Wildman–Crippen MR) is 141 cm³/mol. The number of anilines is 1.